The maximum atomic E-state index is 6.12. The van der Waals surface area contributed by atoms with Gasteiger partial charge in [0.05, 0.1) is 0 Å². The van der Waals surface area contributed by atoms with E-state index in [1.54, 1.807) is 6.20 Å². The average molecular weight is 529 g/mol. The number of aromatic nitrogens is 1. The molecule has 2 aromatic rings. The van der Waals surface area contributed by atoms with Gasteiger partial charge in [0, 0.05) is 56.2 Å². The topological polar surface area (TPSA) is 64.6 Å². The summed E-state index contributed by atoms with van der Waals surface area (Å²) in [5.74, 6) is 1.80. The molecule has 0 radical (unpaired) electrons. The zero-order chi connectivity index (χ0) is 19.6. The summed E-state index contributed by atoms with van der Waals surface area (Å²) in [5.41, 5.74) is 1.18. The van der Waals surface area contributed by atoms with Gasteiger partial charge in [-0.1, -0.05) is 23.7 Å². The number of halogens is 2. The van der Waals surface area contributed by atoms with E-state index in [9.17, 15) is 0 Å². The van der Waals surface area contributed by atoms with Crippen molar-refractivity contribution in [1.29, 1.82) is 0 Å². The van der Waals surface area contributed by atoms with Gasteiger partial charge in [-0.15, -0.1) is 24.0 Å². The molecule has 0 spiro atoms. The number of unbranched alkanes of at least 4 members (excludes halogenated alkanes) is 1. The van der Waals surface area contributed by atoms with E-state index < -0.39 is 0 Å². The van der Waals surface area contributed by atoms with Gasteiger partial charge in [-0.05, 0) is 49.6 Å². The number of hydrogen-bond acceptors (Lipinski definition) is 4. The molecule has 1 aromatic heterocycles. The normalized spacial score (nSPS) is 16.3. The number of anilines is 2. The van der Waals surface area contributed by atoms with E-state index in [0.29, 0.717) is 6.04 Å². The molecule has 1 fully saturated rings. The van der Waals surface area contributed by atoms with Crippen LogP contribution in [0.1, 0.15) is 19.3 Å². The van der Waals surface area contributed by atoms with Gasteiger partial charge in [-0.3, -0.25) is 4.99 Å². The average Bonchev–Trinajstić information content (AvgIpc) is 3.19. The van der Waals surface area contributed by atoms with Crippen LogP contribution in [0.3, 0.4) is 0 Å². The molecule has 1 saturated heterocycles. The molecule has 3 rings (SSSR count). The Morgan fingerprint density at radius 2 is 2.07 bits per heavy atom. The molecule has 0 saturated carbocycles. The minimum absolute atomic E-state index is 0. The predicted molar refractivity (Wildman–Crippen MR) is 134 cm³/mol. The minimum atomic E-state index is 0. The summed E-state index contributed by atoms with van der Waals surface area (Å²) in [6.45, 7) is 3.79. The monoisotopic (exact) mass is 528 g/mol. The Morgan fingerprint density at radius 1 is 1.21 bits per heavy atom. The summed E-state index contributed by atoms with van der Waals surface area (Å²) in [4.78, 5) is 11.0. The lowest BCUT2D eigenvalue weighted by Gasteiger charge is -2.20. The first kappa shape index (κ1) is 23.5. The van der Waals surface area contributed by atoms with Gasteiger partial charge in [0.1, 0.15) is 5.82 Å². The SMILES string of the molecule is CN=C(NCCCCNc1ccccn1)NC1CCN(c2cccc(Cl)c2)C1.I. The number of nitrogens with one attached hydrogen (secondary N) is 3. The molecule has 0 bridgehead atoms. The molecular weight excluding hydrogens is 499 g/mol. The van der Waals surface area contributed by atoms with Crippen LogP contribution >= 0.6 is 35.6 Å². The van der Waals surface area contributed by atoms with E-state index in [1.807, 2.05) is 43.4 Å². The molecule has 0 amide bonds. The summed E-state index contributed by atoms with van der Waals surface area (Å²) in [6.07, 6.45) is 5.03. The van der Waals surface area contributed by atoms with E-state index in [4.69, 9.17) is 11.6 Å². The highest BCUT2D eigenvalue weighted by Gasteiger charge is 2.23. The number of nitrogens with zero attached hydrogens (tertiary/aromatic N) is 3. The lowest BCUT2D eigenvalue weighted by Crippen LogP contribution is -2.44. The standard InChI is InChI=1S/C21H29ClN6.HI/c1-23-21(26-13-5-4-12-25-20-9-2-3-11-24-20)27-18-10-14-28(16-18)19-8-6-7-17(22)15-19;/h2-3,6-9,11,15,18H,4-5,10,12-14,16H2,1H3,(H,24,25)(H2,23,26,27);1H. The maximum absolute atomic E-state index is 6.12. The molecule has 158 valence electrons. The molecule has 6 nitrogen and oxygen atoms in total. The molecule has 1 unspecified atom stereocenters. The van der Waals surface area contributed by atoms with Crippen LogP contribution in [0.25, 0.3) is 0 Å². The fraction of sp³-hybridized carbons (Fsp3) is 0.429. The fourth-order valence-corrected chi connectivity index (χ4v) is 3.50. The van der Waals surface area contributed by atoms with Crippen LogP contribution in [0.4, 0.5) is 11.5 Å². The fourth-order valence-electron chi connectivity index (χ4n) is 3.31. The highest BCUT2D eigenvalue weighted by Crippen LogP contribution is 2.23. The lowest BCUT2D eigenvalue weighted by atomic mass is 10.2. The summed E-state index contributed by atoms with van der Waals surface area (Å²) in [7, 11) is 1.82. The Balaban J connectivity index is 0.00000300. The number of pyridine rings is 1. The number of aliphatic imine (C=N–C) groups is 1. The first-order valence-electron chi connectivity index (χ1n) is 9.87. The van der Waals surface area contributed by atoms with E-state index in [1.165, 1.54) is 5.69 Å². The van der Waals surface area contributed by atoms with Crippen LogP contribution in [-0.2, 0) is 0 Å². The Kier molecular flexibility index (Phi) is 10.3. The minimum Gasteiger partial charge on any atom is -0.370 e. The van der Waals surface area contributed by atoms with Gasteiger partial charge in [-0.2, -0.15) is 0 Å². The van der Waals surface area contributed by atoms with Gasteiger partial charge < -0.3 is 20.9 Å². The van der Waals surface area contributed by atoms with Crippen LogP contribution in [-0.4, -0.2) is 50.2 Å². The summed E-state index contributed by atoms with van der Waals surface area (Å²) < 4.78 is 0. The molecule has 1 aliphatic rings. The zero-order valence-corrected chi connectivity index (χ0v) is 19.9. The number of guanidine groups is 1. The smallest absolute Gasteiger partial charge is 0.191 e. The van der Waals surface area contributed by atoms with Gasteiger partial charge in [0.25, 0.3) is 0 Å². The van der Waals surface area contributed by atoms with E-state index in [-0.39, 0.29) is 24.0 Å². The Hall–Kier alpha value is -1.74. The van der Waals surface area contributed by atoms with Crippen molar-refractivity contribution in [2.45, 2.75) is 25.3 Å². The summed E-state index contributed by atoms with van der Waals surface area (Å²) in [5, 5.41) is 11.1. The number of benzene rings is 1. The van der Waals surface area contributed by atoms with Gasteiger partial charge >= 0.3 is 0 Å². The third kappa shape index (κ3) is 7.89. The van der Waals surface area contributed by atoms with Crippen molar-refractivity contribution in [2.75, 3.05) is 43.4 Å². The van der Waals surface area contributed by atoms with E-state index in [0.717, 1.165) is 62.2 Å². The van der Waals surface area contributed by atoms with E-state index in [2.05, 4.69) is 36.9 Å². The summed E-state index contributed by atoms with van der Waals surface area (Å²) >= 11 is 6.12. The maximum Gasteiger partial charge on any atom is 0.191 e. The third-order valence-electron chi connectivity index (χ3n) is 4.79. The Bertz CT molecular complexity index is 758. The Labute approximate surface area is 195 Å². The van der Waals surface area contributed by atoms with Gasteiger partial charge in [0.15, 0.2) is 5.96 Å². The van der Waals surface area contributed by atoms with Crippen molar-refractivity contribution >= 4 is 53.0 Å². The molecular formula is C21H30ClIN6. The first-order chi connectivity index (χ1) is 13.7. The highest BCUT2D eigenvalue weighted by molar-refractivity contribution is 14.0. The first-order valence-corrected chi connectivity index (χ1v) is 10.2. The molecule has 1 aromatic carbocycles. The van der Waals surface area contributed by atoms with Crippen LogP contribution in [0, 0.1) is 0 Å². The summed E-state index contributed by atoms with van der Waals surface area (Å²) in [6, 6.07) is 14.3. The molecule has 1 atom stereocenters. The zero-order valence-electron chi connectivity index (χ0n) is 16.8. The number of hydrogen-bond donors (Lipinski definition) is 3. The highest BCUT2D eigenvalue weighted by atomic mass is 127. The predicted octanol–water partition coefficient (Wildman–Crippen LogP) is 3.99. The molecule has 8 heteroatoms. The Morgan fingerprint density at radius 3 is 2.83 bits per heavy atom. The lowest BCUT2D eigenvalue weighted by molar-refractivity contribution is 0.639. The van der Waals surface area contributed by atoms with Crippen molar-refractivity contribution in [3.05, 3.63) is 53.7 Å². The second-order valence-electron chi connectivity index (χ2n) is 6.90. The van der Waals surface area contributed by atoms with Gasteiger partial charge in [0.2, 0.25) is 0 Å². The second kappa shape index (κ2) is 12.7. The molecule has 0 aliphatic carbocycles. The van der Waals surface area contributed by atoms with Crippen molar-refractivity contribution in [3.63, 3.8) is 0 Å². The largest absolute Gasteiger partial charge is 0.370 e. The van der Waals surface area contributed by atoms with Crippen molar-refractivity contribution in [2.24, 2.45) is 4.99 Å². The molecule has 3 N–H and O–H groups in total. The van der Waals surface area contributed by atoms with Gasteiger partial charge in [-0.25, -0.2) is 4.98 Å². The molecule has 2 heterocycles. The van der Waals surface area contributed by atoms with Crippen molar-refractivity contribution < 1.29 is 0 Å². The quantitative estimate of drug-likeness (QED) is 0.209. The molecule has 1 aliphatic heterocycles. The van der Waals surface area contributed by atoms with Crippen LogP contribution in [0.15, 0.2) is 53.7 Å². The van der Waals surface area contributed by atoms with Crippen LogP contribution in [0.2, 0.25) is 5.02 Å². The molecule has 29 heavy (non-hydrogen) atoms. The number of rotatable bonds is 8. The van der Waals surface area contributed by atoms with Crippen molar-refractivity contribution in [3.8, 4) is 0 Å². The van der Waals surface area contributed by atoms with E-state index >= 15 is 0 Å². The third-order valence-corrected chi connectivity index (χ3v) is 5.03. The second-order valence-corrected chi connectivity index (χ2v) is 7.34. The van der Waals surface area contributed by atoms with Crippen LogP contribution in [0.5, 0.6) is 0 Å². The van der Waals surface area contributed by atoms with Crippen molar-refractivity contribution in [1.82, 2.24) is 15.6 Å². The van der Waals surface area contributed by atoms with Crippen LogP contribution < -0.4 is 20.9 Å².